The lowest BCUT2D eigenvalue weighted by atomic mass is 9.77. The van der Waals surface area contributed by atoms with E-state index in [0.717, 1.165) is 41.2 Å². The van der Waals surface area contributed by atoms with Crippen LogP contribution in [0.25, 0.3) is 22.3 Å². The molecule has 1 aliphatic rings. The van der Waals surface area contributed by atoms with Gasteiger partial charge < -0.3 is 19.3 Å². The fourth-order valence-electron chi connectivity index (χ4n) is 7.72. The summed E-state index contributed by atoms with van der Waals surface area (Å²) < 4.78 is 17.3. The molecule has 1 saturated carbocycles. The highest BCUT2D eigenvalue weighted by atomic mass is 16.5. The van der Waals surface area contributed by atoms with Gasteiger partial charge in [-0.1, -0.05) is 95.2 Å². The summed E-state index contributed by atoms with van der Waals surface area (Å²) in [4.78, 5) is 24.2. The van der Waals surface area contributed by atoms with Crippen LogP contribution in [-0.2, 0) is 38.3 Å². The van der Waals surface area contributed by atoms with Crippen molar-refractivity contribution in [3.05, 3.63) is 101 Å². The Morgan fingerprint density at radius 2 is 1.25 bits per heavy atom. The maximum Gasteiger partial charge on any atom is 0.333 e. The number of unbranched alkanes of at least 4 members (excludes halogenated alkanes) is 3. The molecule has 3 aromatic rings. The molecule has 4 rings (SSSR count). The van der Waals surface area contributed by atoms with E-state index in [1.165, 1.54) is 79.2 Å². The number of aliphatic hydroxyl groups excluding tert-OH is 1. The Labute approximate surface area is 331 Å². The van der Waals surface area contributed by atoms with Crippen LogP contribution < -0.4 is 4.74 Å². The lowest BCUT2D eigenvalue weighted by Crippen LogP contribution is -2.13. The quantitative estimate of drug-likeness (QED) is 0.0590. The Bertz CT molecular complexity index is 1640. The van der Waals surface area contributed by atoms with E-state index in [1.807, 2.05) is 0 Å². The largest absolute Gasteiger partial charge is 0.493 e. The Kier molecular flexibility index (Phi) is 18.2. The van der Waals surface area contributed by atoms with Crippen LogP contribution in [0, 0.1) is 5.92 Å². The first-order valence-electron chi connectivity index (χ1n) is 20.9. The summed E-state index contributed by atoms with van der Waals surface area (Å²) in [5, 5.41) is 9.38. The summed E-state index contributed by atoms with van der Waals surface area (Å²) in [5.74, 6) is 1.63. The molecule has 0 amide bonds. The topological polar surface area (TPSA) is 82.1 Å². The minimum Gasteiger partial charge on any atom is -0.493 e. The molecule has 1 aliphatic carbocycles. The average Bonchev–Trinajstić information content (AvgIpc) is 3.20. The van der Waals surface area contributed by atoms with Crippen LogP contribution in [0.15, 0.2) is 78.9 Å². The van der Waals surface area contributed by atoms with E-state index in [0.29, 0.717) is 55.8 Å². The molecule has 6 heteroatoms. The molecule has 0 saturated heterocycles. The van der Waals surface area contributed by atoms with Crippen molar-refractivity contribution in [2.75, 3.05) is 26.4 Å². The highest BCUT2D eigenvalue weighted by molar-refractivity contribution is 5.87. The molecule has 0 bridgehead atoms. The Morgan fingerprint density at radius 1 is 0.673 bits per heavy atom. The van der Waals surface area contributed by atoms with Gasteiger partial charge in [0.1, 0.15) is 5.75 Å². The second kappa shape index (κ2) is 23.0. The first kappa shape index (κ1) is 43.6. The highest BCUT2D eigenvalue weighted by Crippen LogP contribution is 2.39. The van der Waals surface area contributed by atoms with E-state index >= 15 is 0 Å². The predicted molar refractivity (Wildman–Crippen MR) is 226 cm³/mol. The zero-order valence-electron chi connectivity index (χ0n) is 34.2. The number of carbonyl (C=O) groups excluding carboxylic acids is 2. The minimum absolute atomic E-state index is 0.115. The van der Waals surface area contributed by atoms with Crippen LogP contribution in [0.4, 0.5) is 0 Å². The van der Waals surface area contributed by atoms with Crippen LogP contribution in [0.1, 0.15) is 133 Å². The Balaban J connectivity index is 1.59. The van der Waals surface area contributed by atoms with Crippen LogP contribution in [0.2, 0.25) is 0 Å². The number of hydrogen-bond acceptors (Lipinski definition) is 6. The van der Waals surface area contributed by atoms with Crippen molar-refractivity contribution >= 4 is 11.9 Å². The fraction of sp³-hybridized carbons (Fsp3) is 0.510. The zero-order chi connectivity index (χ0) is 39.6. The molecule has 298 valence electrons. The number of ether oxygens (including phenoxy) is 3. The first-order valence-corrected chi connectivity index (χ1v) is 20.9. The van der Waals surface area contributed by atoms with Gasteiger partial charge in [0.15, 0.2) is 0 Å². The van der Waals surface area contributed by atoms with E-state index in [-0.39, 0.29) is 31.8 Å². The summed E-state index contributed by atoms with van der Waals surface area (Å²) in [6, 6.07) is 20.6. The Morgan fingerprint density at radius 3 is 1.80 bits per heavy atom. The van der Waals surface area contributed by atoms with Gasteiger partial charge in [-0.3, -0.25) is 0 Å². The third kappa shape index (κ3) is 13.5. The van der Waals surface area contributed by atoms with Gasteiger partial charge in [-0.2, -0.15) is 0 Å². The molecule has 3 aromatic carbocycles. The van der Waals surface area contributed by atoms with Gasteiger partial charge in [-0.15, -0.1) is 0 Å². The van der Waals surface area contributed by atoms with Crippen LogP contribution in [-0.4, -0.2) is 43.5 Å². The molecule has 0 spiro atoms. The average molecular weight is 751 g/mol. The van der Waals surface area contributed by atoms with Crippen molar-refractivity contribution in [3.63, 3.8) is 0 Å². The smallest absolute Gasteiger partial charge is 0.333 e. The molecule has 0 radical (unpaired) electrons. The molecule has 0 atom stereocenters. The lowest BCUT2D eigenvalue weighted by molar-refractivity contribution is -0.139. The first-order chi connectivity index (χ1) is 26.6. The summed E-state index contributed by atoms with van der Waals surface area (Å²) >= 11 is 0. The molecule has 1 fully saturated rings. The maximum atomic E-state index is 12.1. The van der Waals surface area contributed by atoms with Crippen molar-refractivity contribution in [2.45, 2.75) is 130 Å². The summed E-state index contributed by atoms with van der Waals surface area (Å²) in [7, 11) is 0. The van der Waals surface area contributed by atoms with Gasteiger partial charge in [-0.25, -0.2) is 9.59 Å². The maximum absolute atomic E-state index is 12.1. The minimum atomic E-state index is -0.387. The SMILES string of the molecule is C=C(C)C(=O)OCCCc1cc(-c2ccc(-c3ccc(C4CCC(CCCCC)CC4)cc3)cc2CC)cc(CCCOC(=O)C(=C)C)c1OCCCCO. The van der Waals surface area contributed by atoms with Gasteiger partial charge in [-0.05, 0) is 153 Å². The molecule has 0 aromatic heterocycles. The van der Waals surface area contributed by atoms with E-state index in [4.69, 9.17) is 14.2 Å². The molecule has 0 unspecified atom stereocenters. The second-order valence-corrected chi connectivity index (χ2v) is 15.5. The Hall–Kier alpha value is -4.16. The van der Waals surface area contributed by atoms with Crippen LogP contribution in [0.5, 0.6) is 5.75 Å². The van der Waals surface area contributed by atoms with Gasteiger partial charge in [0, 0.05) is 17.8 Å². The molecule has 1 N–H and O–H groups in total. The number of benzene rings is 3. The number of aliphatic hydroxyl groups is 1. The van der Waals surface area contributed by atoms with Crippen molar-refractivity contribution in [1.82, 2.24) is 0 Å². The van der Waals surface area contributed by atoms with E-state index in [1.54, 1.807) is 13.8 Å². The van der Waals surface area contributed by atoms with Crippen LogP contribution in [0.3, 0.4) is 0 Å². The molecule has 6 nitrogen and oxygen atoms in total. The molecular formula is C49H66O6. The lowest BCUT2D eigenvalue weighted by Gasteiger charge is -2.29. The molecule has 0 aliphatic heterocycles. The summed E-state index contributed by atoms with van der Waals surface area (Å²) in [6.45, 7) is 16.3. The summed E-state index contributed by atoms with van der Waals surface area (Å²) in [6.07, 6.45) is 15.6. The van der Waals surface area contributed by atoms with E-state index < -0.39 is 0 Å². The second-order valence-electron chi connectivity index (χ2n) is 15.5. The highest BCUT2D eigenvalue weighted by Gasteiger charge is 2.22. The monoisotopic (exact) mass is 750 g/mol. The number of rotatable bonds is 23. The van der Waals surface area contributed by atoms with Crippen molar-refractivity contribution < 1.29 is 28.9 Å². The third-order valence-electron chi connectivity index (χ3n) is 11.0. The number of aryl methyl sites for hydroxylation is 3. The van der Waals surface area contributed by atoms with Crippen molar-refractivity contribution in [1.29, 1.82) is 0 Å². The fourth-order valence-corrected chi connectivity index (χ4v) is 7.72. The van der Waals surface area contributed by atoms with Crippen molar-refractivity contribution in [3.8, 4) is 28.0 Å². The molecular weight excluding hydrogens is 685 g/mol. The molecule has 0 heterocycles. The molecule has 55 heavy (non-hydrogen) atoms. The normalized spacial score (nSPS) is 15.4. The van der Waals surface area contributed by atoms with Gasteiger partial charge in [0.2, 0.25) is 0 Å². The number of esters is 2. The zero-order valence-corrected chi connectivity index (χ0v) is 34.2. The van der Waals surface area contributed by atoms with Crippen LogP contribution >= 0.6 is 0 Å². The predicted octanol–water partition coefficient (Wildman–Crippen LogP) is 11.7. The number of hydrogen-bond donors (Lipinski definition) is 1. The van der Waals surface area contributed by atoms with Crippen molar-refractivity contribution in [2.24, 2.45) is 5.92 Å². The van der Waals surface area contributed by atoms with Gasteiger partial charge in [0.25, 0.3) is 0 Å². The standard InChI is InChI=1S/C49H66O6/c1-7-9-10-15-37-18-20-39(21-19-37)40-22-24-41(25-23-40)42-26-27-46(38(8-2)32-42)45-33-43(16-13-30-54-48(51)35(3)4)47(53-29-12-11-28-50)44(34-45)17-14-31-55-49(52)36(5)6/h22-27,32-34,37,39,50H,3,5,7-21,28-31H2,1-2,4,6H3. The van der Waals surface area contributed by atoms with Gasteiger partial charge >= 0.3 is 11.9 Å². The van der Waals surface area contributed by atoms with Gasteiger partial charge in [0.05, 0.1) is 19.8 Å². The summed E-state index contributed by atoms with van der Waals surface area (Å²) in [5.41, 5.74) is 10.3. The number of carbonyl (C=O) groups is 2. The van der Waals surface area contributed by atoms with E-state index in [9.17, 15) is 14.7 Å². The third-order valence-corrected chi connectivity index (χ3v) is 11.0. The van der Waals surface area contributed by atoms with E-state index in [2.05, 4.69) is 81.6 Å².